The zero-order valence-electron chi connectivity index (χ0n) is 13.8. The van der Waals surface area contributed by atoms with Crippen LogP contribution in [0.15, 0.2) is 48.5 Å². The summed E-state index contributed by atoms with van der Waals surface area (Å²) in [5.41, 5.74) is 0.880. The van der Waals surface area contributed by atoms with Crippen LogP contribution in [0.3, 0.4) is 0 Å². The molecule has 1 saturated heterocycles. The first-order chi connectivity index (χ1) is 12.5. The predicted molar refractivity (Wildman–Crippen MR) is 91.5 cm³/mol. The minimum Gasteiger partial charge on any atom is -0.465 e. The van der Waals surface area contributed by atoms with Crippen molar-refractivity contribution in [3.05, 3.63) is 71.0 Å². The van der Waals surface area contributed by atoms with Crippen LogP contribution in [-0.4, -0.2) is 52.3 Å². The zero-order valence-corrected chi connectivity index (χ0v) is 13.8. The number of amides is 2. The maximum atomic E-state index is 13.9. The van der Waals surface area contributed by atoms with Gasteiger partial charge in [0.05, 0.1) is 11.6 Å². The molecule has 0 radical (unpaired) electrons. The van der Waals surface area contributed by atoms with Gasteiger partial charge in [-0.3, -0.25) is 14.5 Å². The molecule has 26 heavy (non-hydrogen) atoms. The Kier molecular flexibility index (Phi) is 4.97. The molecule has 0 aromatic heterocycles. The van der Waals surface area contributed by atoms with Crippen molar-refractivity contribution in [2.75, 3.05) is 13.1 Å². The van der Waals surface area contributed by atoms with Crippen LogP contribution in [-0.2, 0) is 6.54 Å². The molecule has 0 spiro atoms. The summed E-state index contributed by atoms with van der Waals surface area (Å²) in [6, 6.07) is 12.4. The normalized spacial score (nSPS) is 13.8. The first kappa shape index (κ1) is 17.6. The molecule has 6 nitrogen and oxygen atoms in total. The number of carbonyl (C=O) groups is 3. The van der Waals surface area contributed by atoms with Gasteiger partial charge in [0.25, 0.3) is 5.91 Å². The van der Waals surface area contributed by atoms with Crippen LogP contribution in [0.25, 0.3) is 0 Å². The smallest absolute Gasteiger partial charge is 0.407 e. The number of carboxylic acid groups (broad SMARTS) is 1. The summed E-state index contributed by atoms with van der Waals surface area (Å²) in [4.78, 5) is 37.4. The van der Waals surface area contributed by atoms with E-state index in [0.29, 0.717) is 6.29 Å². The fraction of sp³-hybridized carbons (Fsp3) is 0.211. The number of hydrogen-bond acceptors (Lipinski definition) is 3. The van der Waals surface area contributed by atoms with Gasteiger partial charge in [-0.2, -0.15) is 0 Å². The lowest BCUT2D eigenvalue weighted by Gasteiger charge is -2.44. The van der Waals surface area contributed by atoms with E-state index in [1.165, 1.54) is 21.9 Å². The van der Waals surface area contributed by atoms with Gasteiger partial charge in [0.2, 0.25) is 0 Å². The van der Waals surface area contributed by atoms with Gasteiger partial charge in [-0.1, -0.05) is 30.3 Å². The summed E-state index contributed by atoms with van der Waals surface area (Å²) in [5, 5.41) is 9.45. The summed E-state index contributed by atoms with van der Waals surface area (Å²) < 4.78 is 13.9. The lowest BCUT2D eigenvalue weighted by molar-refractivity contribution is 0.0254. The summed E-state index contributed by atoms with van der Waals surface area (Å²) >= 11 is 0. The van der Waals surface area contributed by atoms with Crippen molar-refractivity contribution in [1.29, 1.82) is 0 Å². The molecule has 1 aliphatic heterocycles. The average molecular weight is 356 g/mol. The van der Waals surface area contributed by atoms with Crippen molar-refractivity contribution in [1.82, 2.24) is 9.80 Å². The van der Waals surface area contributed by atoms with Gasteiger partial charge in [0.15, 0.2) is 0 Å². The lowest BCUT2D eigenvalue weighted by Crippen LogP contribution is -2.62. The molecule has 0 atom stereocenters. The molecule has 0 bridgehead atoms. The van der Waals surface area contributed by atoms with Crippen molar-refractivity contribution in [3.8, 4) is 0 Å². The second kappa shape index (κ2) is 7.35. The highest BCUT2D eigenvalue weighted by Gasteiger charge is 2.38. The molecule has 2 aromatic carbocycles. The number of benzene rings is 2. The second-order valence-electron chi connectivity index (χ2n) is 6.12. The largest absolute Gasteiger partial charge is 0.465 e. The van der Waals surface area contributed by atoms with Crippen LogP contribution in [0.4, 0.5) is 9.18 Å². The molecule has 134 valence electrons. The molecule has 1 heterocycles. The average Bonchev–Trinajstić information content (AvgIpc) is 2.60. The predicted octanol–water partition coefficient (Wildman–Crippen LogP) is 2.64. The Morgan fingerprint density at radius 1 is 1.19 bits per heavy atom. The molecule has 7 heteroatoms. The summed E-state index contributed by atoms with van der Waals surface area (Å²) in [5.74, 6) is -1.25. The molecule has 1 N–H and O–H groups in total. The van der Waals surface area contributed by atoms with Gasteiger partial charge in [-0.25, -0.2) is 9.18 Å². The molecule has 1 aliphatic rings. The van der Waals surface area contributed by atoms with E-state index < -0.39 is 17.8 Å². The van der Waals surface area contributed by atoms with Crippen molar-refractivity contribution in [2.24, 2.45) is 0 Å². The van der Waals surface area contributed by atoms with E-state index >= 15 is 0 Å². The Balaban J connectivity index is 1.67. The molecule has 1 fully saturated rings. The van der Waals surface area contributed by atoms with Gasteiger partial charge in [0.1, 0.15) is 12.1 Å². The van der Waals surface area contributed by atoms with Crippen LogP contribution >= 0.6 is 0 Å². The van der Waals surface area contributed by atoms with Crippen molar-refractivity contribution in [2.45, 2.75) is 12.6 Å². The monoisotopic (exact) mass is 356 g/mol. The van der Waals surface area contributed by atoms with Crippen molar-refractivity contribution in [3.63, 3.8) is 0 Å². The van der Waals surface area contributed by atoms with E-state index in [1.807, 2.05) is 30.3 Å². The highest BCUT2D eigenvalue weighted by atomic mass is 19.1. The number of nitrogens with zero attached hydrogens (tertiary/aromatic N) is 2. The lowest BCUT2D eigenvalue weighted by atomic mass is 10.0. The fourth-order valence-corrected chi connectivity index (χ4v) is 2.90. The molecule has 0 saturated carbocycles. The molecule has 3 rings (SSSR count). The molecule has 2 amide bonds. The molecular weight excluding hydrogens is 339 g/mol. The Labute approximate surface area is 149 Å². The quantitative estimate of drug-likeness (QED) is 0.836. The van der Waals surface area contributed by atoms with Crippen molar-refractivity contribution < 1.29 is 23.9 Å². The number of hydrogen-bond donors (Lipinski definition) is 1. The Bertz CT molecular complexity index is 835. The van der Waals surface area contributed by atoms with E-state index in [0.717, 1.165) is 11.6 Å². The Morgan fingerprint density at radius 3 is 2.50 bits per heavy atom. The van der Waals surface area contributed by atoms with Crippen LogP contribution in [0.1, 0.15) is 26.3 Å². The number of halogens is 1. The number of carbonyl (C=O) groups excluding carboxylic acids is 2. The van der Waals surface area contributed by atoms with Gasteiger partial charge < -0.3 is 10.0 Å². The van der Waals surface area contributed by atoms with Gasteiger partial charge >= 0.3 is 6.09 Å². The van der Waals surface area contributed by atoms with E-state index in [-0.39, 0.29) is 36.8 Å². The number of likely N-dealkylation sites (tertiary alicyclic amines) is 1. The highest BCUT2D eigenvalue weighted by Crippen LogP contribution is 2.22. The number of aldehydes is 1. The second-order valence-corrected chi connectivity index (χ2v) is 6.12. The first-order valence-electron chi connectivity index (χ1n) is 8.07. The summed E-state index contributed by atoms with van der Waals surface area (Å²) in [6.45, 7) is 0.587. The van der Waals surface area contributed by atoms with Crippen LogP contribution < -0.4 is 0 Å². The summed E-state index contributed by atoms with van der Waals surface area (Å²) in [6.07, 6.45) is -0.527. The van der Waals surface area contributed by atoms with Crippen LogP contribution in [0, 0.1) is 5.82 Å². The topological polar surface area (TPSA) is 77.9 Å². The first-order valence-corrected chi connectivity index (χ1v) is 8.07. The van der Waals surface area contributed by atoms with Crippen molar-refractivity contribution >= 4 is 18.3 Å². The summed E-state index contributed by atoms with van der Waals surface area (Å²) in [7, 11) is 0. The zero-order chi connectivity index (χ0) is 18.7. The Hall–Kier alpha value is -3.22. The standard InChI is InChI=1S/C19H17FN2O4/c20-17-7-6-14(12-23)8-16(17)18(24)21-10-15(11-21)22(19(25)26)9-13-4-2-1-3-5-13/h1-8,12,15H,9-11H2,(H,25,26). The maximum absolute atomic E-state index is 13.9. The third-order valence-corrected chi connectivity index (χ3v) is 4.39. The third kappa shape index (κ3) is 3.56. The SMILES string of the molecule is O=Cc1ccc(F)c(C(=O)N2CC(N(Cc3ccccc3)C(=O)O)C2)c1. The van der Waals surface area contributed by atoms with E-state index in [2.05, 4.69) is 0 Å². The molecular formula is C19H17FN2O4. The molecule has 0 unspecified atom stereocenters. The number of rotatable bonds is 5. The van der Waals surface area contributed by atoms with Gasteiger partial charge in [-0.05, 0) is 23.8 Å². The van der Waals surface area contributed by atoms with Gasteiger partial charge in [-0.15, -0.1) is 0 Å². The fourth-order valence-electron chi connectivity index (χ4n) is 2.90. The van der Waals surface area contributed by atoms with E-state index in [9.17, 15) is 23.9 Å². The van der Waals surface area contributed by atoms with Gasteiger partial charge in [0, 0.05) is 25.2 Å². The van der Waals surface area contributed by atoms with E-state index in [1.54, 1.807) is 0 Å². The highest BCUT2D eigenvalue weighted by molar-refractivity contribution is 5.96. The molecule has 2 aromatic rings. The van der Waals surface area contributed by atoms with E-state index in [4.69, 9.17) is 0 Å². The maximum Gasteiger partial charge on any atom is 0.407 e. The Morgan fingerprint density at radius 2 is 1.88 bits per heavy atom. The van der Waals surface area contributed by atoms with Crippen LogP contribution in [0.2, 0.25) is 0 Å². The molecule has 0 aliphatic carbocycles. The van der Waals surface area contributed by atoms with Crippen LogP contribution in [0.5, 0.6) is 0 Å². The minimum absolute atomic E-state index is 0.182. The minimum atomic E-state index is -1.07. The third-order valence-electron chi connectivity index (χ3n) is 4.39.